The molecule has 2 aromatic rings. The highest BCUT2D eigenvalue weighted by Gasteiger charge is 2.26. The lowest BCUT2D eigenvalue weighted by Gasteiger charge is -2.20. The van der Waals surface area contributed by atoms with E-state index in [0.717, 1.165) is 16.8 Å². The van der Waals surface area contributed by atoms with Crippen LogP contribution < -0.4 is 10.2 Å². The minimum atomic E-state index is -0.719. The minimum absolute atomic E-state index is 0.0101. The molecule has 1 aliphatic heterocycles. The summed E-state index contributed by atoms with van der Waals surface area (Å²) in [6.45, 7) is 6.32. The molecular weight excluding hydrogens is 380 g/mol. The molecule has 1 atom stereocenters. The first kappa shape index (κ1) is 21.6. The normalized spacial score (nSPS) is 13.7. The van der Waals surface area contributed by atoms with Gasteiger partial charge in [-0.25, -0.2) is 4.79 Å². The maximum Gasteiger partial charge on any atom is 0.328 e. The molecule has 6 heteroatoms. The molecule has 0 unspecified atom stereocenters. The molecule has 2 amide bonds. The maximum absolute atomic E-state index is 12.8. The number of anilines is 1. The van der Waals surface area contributed by atoms with E-state index in [-0.39, 0.29) is 24.3 Å². The number of carbonyl (C=O) groups excluding carboxylic acids is 3. The number of hydrogen-bond donors (Lipinski definition) is 1. The average molecular weight is 408 g/mol. The van der Waals surface area contributed by atoms with Crippen LogP contribution in [0.1, 0.15) is 48.7 Å². The third-order valence-corrected chi connectivity index (χ3v) is 5.14. The van der Waals surface area contributed by atoms with E-state index in [0.29, 0.717) is 24.9 Å². The molecule has 0 fully saturated rings. The summed E-state index contributed by atoms with van der Waals surface area (Å²) in [7, 11) is 0. The van der Waals surface area contributed by atoms with Crippen LogP contribution in [0.5, 0.6) is 0 Å². The lowest BCUT2D eigenvalue weighted by atomic mass is 10.0. The zero-order valence-corrected chi connectivity index (χ0v) is 17.7. The quantitative estimate of drug-likeness (QED) is 0.712. The van der Waals surface area contributed by atoms with Crippen LogP contribution in [0, 0.1) is 5.92 Å². The molecule has 0 aromatic heterocycles. The largest absolute Gasteiger partial charge is 0.459 e. The van der Waals surface area contributed by atoms with Gasteiger partial charge in [-0.1, -0.05) is 44.2 Å². The van der Waals surface area contributed by atoms with Crippen molar-refractivity contribution < 1.29 is 19.1 Å². The molecule has 0 saturated heterocycles. The van der Waals surface area contributed by atoms with Crippen LogP contribution >= 0.6 is 0 Å². The summed E-state index contributed by atoms with van der Waals surface area (Å²) in [5, 5.41) is 2.83. The van der Waals surface area contributed by atoms with Gasteiger partial charge >= 0.3 is 5.97 Å². The predicted octanol–water partition coefficient (Wildman–Crippen LogP) is 3.48. The topological polar surface area (TPSA) is 75.7 Å². The van der Waals surface area contributed by atoms with Crippen LogP contribution in [0.4, 0.5) is 5.69 Å². The summed E-state index contributed by atoms with van der Waals surface area (Å²) in [6.07, 6.45) is 1.20. The summed E-state index contributed by atoms with van der Waals surface area (Å²) in [5.41, 5.74) is 3.18. The van der Waals surface area contributed by atoms with Crippen molar-refractivity contribution in [3.05, 3.63) is 65.2 Å². The first-order valence-electron chi connectivity index (χ1n) is 10.3. The van der Waals surface area contributed by atoms with Crippen LogP contribution in [0.2, 0.25) is 0 Å². The number of nitrogens with zero attached hydrogens (tertiary/aromatic N) is 1. The van der Waals surface area contributed by atoms with E-state index in [9.17, 15) is 14.4 Å². The third-order valence-electron chi connectivity index (χ3n) is 5.14. The van der Waals surface area contributed by atoms with Crippen LogP contribution in [0.15, 0.2) is 48.5 Å². The molecule has 30 heavy (non-hydrogen) atoms. The number of hydrogen-bond acceptors (Lipinski definition) is 4. The fourth-order valence-corrected chi connectivity index (χ4v) is 3.63. The molecule has 0 bridgehead atoms. The molecule has 2 aromatic carbocycles. The highest BCUT2D eigenvalue weighted by molar-refractivity contribution is 5.99. The van der Waals surface area contributed by atoms with Gasteiger partial charge in [0.05, 0.1) is 0 Å². The molecule has 0 radical (unpaired) electrons. The standard InChI is InChI=1S/C24H28N2O4/c1-16(2)13-21(24(29)30-15-18-7-5-4-6-8-18)25-23(28)20-9-10-22-19(14-20)11-12-26(22)17(3)27/h4-10,14,16,21H,11-13,15H2,1-3H3,(H,25,28)/t21-/m0/s1. The summed E-state index contributed by atoms with van der Waals surface area (Å²) < 4.78 is 5.44. The average Bonchev–Trinajstić information content (AvgIpc) is 3.15. The van der Waals surface area contributed by atoms with E-state index in [1.807, 2.05) is 44.2 Å². The van der Waals surface area contributed by atoms with Gasteiger partial charge in [0.25, 0.3) is 5.91 Å². The SMILES string of the molecule is CC(=O)N1CCc2cc(C(=O)N[C@@H](CC(C)C)C(=O)OCc3ccccc3)ccc21. The first-order valence-corrected chi connectivity index (χ1v) is 10.3. The second kappa shape index (κ2) is 9.57. The number of esters is 1. The number of fused-ring (bicyclic) bond motifs is 1. The molecule has 0 spiro atoms. The van der Waals surface area contributed by atoms with Gasteiger partial charge in [0.15, 0.2) is 0 Å². The fraction of sp³-hybridized carbons (Fsp3) is 0.375. The second-order valence-corrected chi connectivity index (χ2v) is 8.01. The second-order valence-electron chi connectivity index (χ2n) is 8.01. The van der Waals surface area contributed by atoms with Gasteiger partial charge in [0.2, 0.25) is 5.91 Å². The van der Waals surface area contributed by atoms with Crippen molar-refractivity contribution in [1.29, 1.82) is 0 Å². The van der Waals surface area contributed by atoms with Crippen LogP contribution in [0.3, 0.4) is 0 Å². The van der Waals surface area contributed by atoms with Gasteiger partial charge in [0, 0.05) is 24.7 Å². The zero-order chi connectivity index (χ0) is 21.7. The number of benzene rings is 2. The molecule has 3 rings (SSSR count). The third kappa shape index (κ3) is 5.26. The first-order chi connectivity index (χ1) is 14.3. The molecular formula is C24H28N2O4. The number of amides is 2. The summed E-state index contributed by atoms with van der Waals surface area (Å²) in [5.74, 6) is -0.556. The maximum atomic E-state index is 12.8. The van der Waals surface area contributed by atoms with Gasteiger partial charge < -0.3 is 15.0 Å². The Morgan fingerprint density at radius 1 is 1.10 bits per heavy atom. The molecule has 1 aliphatic rings. The summed E-state index contributed by atoms with van der Waals surface area (Å²) in [4.78, 5) is 38.9. The van der Waals surface area contributed by atoms with E-state index < -0.39 is 12.0 Å². The molecule has 0 saturated carbocycles. The molecule has 1 heterocycles. The Bertz CT molecular complexity index is 924. The van der Waals surface area contributed by atoms with Crippen molar-refractivity contribution in [2.24, 2.45) is 5.92 Å². The Hall–Kier alpha value is -3.15. The fourth-order valence-electron chi connectivity index (χ4n) is 3.63. The van der Waals surface area contributed by atoms with Crippen molar-refractivity contribution in [2.45, 2.75) is 46.3 Å². The minimum Gasteiger partial charge on any atom is -0.459 e. The highest BCUT2D eigenvalue weighted by Crippen LogP contribution is 2.29. The molecule has 6 nitrogen and oxygen atoms in total. The highest BCUT2D eigenvalue weighted by atomic mass is 16.5. The van der Waals surface area contributed by atoms with Crippen molar-refractivity contribution >= 4 is 23.5 Å². The van der Waals surface area contributed by atoms with E-state index in [2.05, 4.69) is 5.32 Å². The number of nitrogens with one attached hydrogen (secondary N) is 1. The van der Waals surface area contributed by atoms with Gasteiger partial charge in [-0.2, -0.15) is 0 Å². The van der Waals surface area contributed by atoms with Crippen molar-refractivity contribution in [3.8, 4) is 0 Å². The Labute approximate surface area is 177 Å². The number of carbonyl (C=O) groups is 3. The number of rotatable bonds is 7. The van der Waals surface area contributed by atoms with Gasteiger partial charge in [0.1, 0.15) is 12.6 Å². The van der Waals surface area contributed by atoms with Crippen molar-refractivity contribution in [2.75, 3.05) is 11.4 Å². The Balaban J connectivity index is 1.68. The summed E-state index contributed by atoms with van der Waals surface area (Å²) >= 11 is 0. The van der Waals surface area contributed by atoms with Crippen LogP contribution in [-0.2, 0) is 27.4 Å². The smallest absolute Gasteiger partial charge is 0.328 e. The molecule has 158 valence electrons. The lowest BCUT2D eigenvalue weighted by Crippen LogP contribution is -2.42. The van der Waals surface area contributed by atoms with Gasteiger partial charge in [-0.3, -0.25) is 9.59 Å². The van der Waals surface area contributed by atoms with Crippen LogP contribution in [-0.4, -0.2) is 30.4 Å². The van der Waals surface area contributed by atoms with Crippen molar-refractivity contribution in [3.63, 3.8) is 0 Å². The monoisotopic (exact) mass is 408 g/mol. The summed E-state index contributed by atoms with van der Waals surface area (Å²) in [6, 6.07) is 14.0. The van der Waals surface area contributed by atoms with Gasteiger partial charge in [-0.05, 0) is 48.1 Å². The van der Waals surface area contributed by atoms with E-state index in [1.54, 1.807) is 23.1 Å². The van der Waals surface area contributed by atoms with Gasteiger partial charge in [-0.15, -0.1) is 0 Å². The zero-order valence-electron chi connectivity index (χ0n) is 17.7. The Morgan fingerprint density at radius 3 is 2.50 bits per heavy atom. The Morgan fingerprint density at radius 2 is 1.83 bits per heavy atom. The Kier molecular flexibility index (Phi) is 6.87. The van der Waals surface area contributed by atoms with Crippen molar-refractivity contribution in [1.82, 2.24) is 5.32 Å². The molecule has 1 N–H and O–H groups in total. The van der Waals surface area contributed by atoms with E-state index >= 15 is 0 Å². The number of ether oxygens (including phenoxy) is 1. The lowest BCUT2D eigenvalue weighted by molar-refractivity contribution is -0.147. The van der Waals surface area contributed by atoms with E-state index in [4.69, 9.17) is 4.74 Å². The van der Waals surface area contributed by atoms with Crippen LogP contribution in [0.25, 0.3) is 0 Å². The predicted molar refractivity (Wildman–Crippen MR) is 115 cm³/mol. The van der Waals surface area contributed by atoms with E-state index in [1.165, 1.54) is 6.92 Å². The molecule has 0 aliphatic carbocycles.